The van der Waals surface area contributed by atoms with Gasteiger partial charge in [0.25, 0.3) is 0 Å². The minimum absolute atomic E-state index is 1.24. The first kappa shape index (κ1) is 37.5. The number of benzene rings is 12. The zero-order valence-corrected chi connectivity index (χ0v) is 38.5. The van der Waals surface area contributed by atoms with E-state index in [2.05, 4.69) is 218 Å². The lowest BCUT2D eigenvalue weighted by Gasteiger charge is -2.19. The van der Waals surface area contributed by atoms with Crippen LogP contribution in [0.1, 0.15) is 0 Å². The third kappa shape index (κ3) is 5.51. The van der Waals surface area contributed by atoms with Gasteiger partial charge >= 0.3 is 0 Å². The Bertz CT molecular complexity index is 4460. The van der Waals surface area contributed by atoms with Crippen molar-refractivity contribution in [2.45, 2.75) is 0 Å². The lowest BCUT2D eigenvalue weighted by Crippen LogP contribution is -1.91. The highest BCUT2D eigenvalue weighted by molar-refractivity contribution is 7.26. The first-order valence-corrected chi connectivity index (χ1v) is 25.3. The van der Waals surface area contributed by atoms with Crippen molar-refractivity contribution in [1.29, 1.82) is 0 Å². The van der Waals surface area contributed by atoms with Crippen LogP contribution in [0.2, 0.25) is 0 Å². The highest BCUT2D eigenvalue weighted by atomic mass is 32.1. The predicted octanol–water partition coefficient (Wildman–Crippen LogP) is 20.1. The van der Waals surface area contributed by atoms with Crippen molar-refractivity contribution >= 4 is 138 Å². The van der Waals surface area contributed by atoms with Crippen LogP contribution in [0.15, 0.2) is 218 Å². The van der Waals surface area contributed by atoms with Crippen LogP contribution < -0.4 is 0 Å². The molecular formula is C64H36S3. The highest BCUT2D eigenvalue weighted by Crippen LogP contribution is 2.51. The standard InChI is InChI=1S/C64H36S3/c1-3-18-46-44(16-1)60(45-17-2-4-19-47(45)61(46)38-28-31-42-40-14-9-11-25-54(40)66-58(42)35-38)37-30-33-56-53(34-37)64-52(24-13-27-57(64)65-56)63-50-22-7-5-20-48(50)62(49-21-6-8-23-51(49)63)39-29-32-43-41-15-10-12-26-55(41)67-59(43)36-39/h1-36H. The van der Waals surface area contributed by atoms with E-state index >= 15 is 0 Å². The first-order chi connectivity index (χ1) is 33.2. The molecule has 0 bridgehead atoms. The van der Waals surface area contributed by atoms with E-state index in [9.17, 15) is 0 Å². The van der Waals surface area contributed by atoms with Gasteiger partial charge in [0.2, 0.25) is 0 Å². The highest BCUT2D eigenvalue weighted by Gasteiger charge is 2.22. The topological polar surface area (TPSA) is 0 Å². The van der Waals surface area contributed by atoms with E-state index in [1.54, 1.807) is 0 Å². The van der Waals surface area contributed by atoms with Gasteiger partial charge < -0.3 is 0 Å². The van der Waals surface area contributed by atoms with Gasteiger partial charge in [-0.05, 0) is 130 Å². The molecule has 0 spiro atoms. The monoisotopic (exact) mass is 900 g/mol. The summed E-state index contributed by atoms with van der Waals surface area (Å²) in [6.45, 7) is 0. The summed E-state index contributed by atoms with van der Waals surface area (Å²) in [6.07, 6.45) is 0. The smallest absolute Gasteiger partial charge is 0.0361 e. The normalized spacial score (nSPS) is 12.2. The SMILES string of the molecule is c1ccc2c(c1)sc1cc(-c3c4ccccc4c(-c4ccc5sc6cccc(-c7c8ccccc8c(-c8ccc9c(c8)sc8ccccc89)c8ccccc78)c6c5c4)c4ccccc34)ccc12. The molecular weight excluding hydrogens is 865 g/mol. The lowest BCUT2D eigenvalue weighted by molar-refractivity contribution is 1.70. The van der Waals surface area contributed by atoms with Gasteiger partial charge in [-0.1, -0.05) is 176 Å². The molecule has 0 N–H and O–H groups in total. The van der Waals surface area contributed by atoms with Crippen LogP contribution >= 0.6 is 34.0 Å². The number of thiophene rings is 3. The minimum atomic E-state index is 1.24. The number of rotatable bonds is 4. The molecule has 0 nitrogen and oxygen atoms in total. The van der Waals surface area contributed by atoms with Gasteiger partial charge in [0, 0.05) is 60.5 Å². The fourth-order valence-corrected chi connectivity index (χ4v) is 14.8. The molecule has 15 rings (SSSR count). The van der Waals surface area contributed by atoms with Gasteiger partial charge in [-0.15, -0.1) is 34.0 Å². The molecule has 0 aliphatic carbocycles. The van der Waals surface area contributed by atoms with Gasteiger partial charge in [0.15, 0.2) is 0 Å². The van der Waals surface area contributed by atoms with E-state index < -0.39 is 0 Å². The quantitative estimate of drug-likeness (QED) is 0.154. The van der Waals surface area contributed by atoms with Gasteiger partial charge in [-0.2, -0.15) is 0 Å². The number of fused-ring (bicyclic) bond motifs is 13. The van der Waals surface area contributed by atoms with Crippen molar-refractivity contribution in [2.75, 3.05) is 0 Å². The van der Waals surface area contributed by atoms with E-state index in [1.807, 2.05) is 34.0 Å². The molecule has 3 aromatic heterocycles. The van der Waals surface area contributed by atoms with Gasteiger partial charge in [0.05, 0.1) is 0 Å². The maximum atomic E-state index is 2.49. The minimum Gasteiger partial charge on any atom is -0.135 e. The van der Waals surface area contributed by atoms with Crippen LogP contribution in [0, 0.1) is 0 Å². The van der Waals surface area contributed by atoms with Crippen LogP contribution in [-0.2, 0) is 0 Å². The molecule has 310 valence electrons. The fraction of sp³-hybridized carbons (Fsp3) is 0. The van der Waals surface area contributed by atoms with Crippen LogP contribution in [0.25, 0.3) is 148 Å². The Kier molecular flexibility index (Phi) is 8.08. The van der Waals surface area contributed by atoms with Gasteiger partial charge in [0.1, 0.15) is 0 Å². The molecule has 0 aliphatic heterocycles. The zero-order valence-electron chi connectivity index (χ0n) is 36.0. The average Bonchev–Trinajstić information content (AvgIpc) is 4.07. The summed E-state index contributed by atoms with van der Waals surface area (Å²) >= 11 is 5.67. The molecule has 15 aromatic rings. The number of hydrogen-bond donors (Lipinski definition) is 0. The molecule has 12 aromatic carbocycles. The molecule has 0 amide bonds. The Morgan fingerprint density at radius 2 is 0.522 bits per heavy atom. The van der Waals surface area contributed by atoms with E-state index in [0.717, 1.165) is 0 Å². The average molecular weight is 901 g/mol. The molecule has 0 saturated heterocycles. The Labute approximate surface area is 397 Å². The second-order valence-electron chi connectivity index (χ2n) is 17.8. The van der Waals surface area contributed by atoms with Crippen molar-refractivity contribution in [3.8, 4) is 44.5 Å². The van der Waals surface area contributed by atoms with Crippen molar-refractivity contribution in [2.24, 2.45) is 0 Å². The fourth-order valence-electron chi connectivity index (χ4n) is 11.4. The molecule has 0 fully saturated rings. The van der Waals surface area contributed by atoms with E-state index in [-0.39, 0.29) is 0 Å². The summed E-state index contributed by atoms with van der Waals surface area (Å²) in [4.78, 5) is 0. The van der Waals surface area contributed by atoms with Crippen molar-refractivity contribution in [3.63, 3.8) is 0 Å². The third-order valence-electron chi connectivity index (χ3n) is 14.3. The molecule has 3 heteroatoms. The summed E-state index contributed by atoms with van der Waals surface area (Å²) in [5.41, 5.74) is 10.2. The maximum absolute atomic E-state index is 2.49. The summed E-state index contributed by atoms with van der Waals surface area (Å²) in [6, 6.07) is 82.2. The summed E-state index contributed by atoms with van der Waals surface area (Å²) in [7, 11) is 0. The predicted molar refractivity (Wildman–Crippen MR) is 297 cm³/mol. The molecule has 0 aliphatic rings. The largest absolute Gasteiger partial charge is 0.135 e. The summed E-state index contributed by atoms with van der Waals surface area (Å²) in [5, 5.41) is 18.1. The van der Waals surface area contributed by atoms with E-state index in [1.165, 1.54) is 148 Å². The Morgan fingerprint density at radius 1 is 0.194 bits per heavy atom. The van der Waals surface area contributed by atoms with Gasteiger partial charge in [-0.3, -0.25) is 0 Å². The maximum Gasteiger partial charge on any atom is 0.0361 e. The van der Waals surface area contributed by atoms with Crippen LogP contribution in [-0.4, -0.2) is 0 Å². The molecule has 0 saturated carbocycles. The van der Waals surface area contributed by atoms with Crippen LogP contribution in [0.3, 0.4) is 0 Å². The van der Waals surface area contributed by atoms with E-state index in [4.69, 9.17) is 0 Å². The molecule has 0 atom stereocenters. The zero-order chi connectivity index (χ0) is 43.7. The van der Waals surface area contributed by atoms with E-state index in [0.29, 0.717) is 0 Å². The number of hydrogen-bond acceptors (Lipinski definition) is 3. The van der Waals surface area contributed by atoms with Crippen molar-refractivity contribution in [3.05, 3.63) is 218 Å². The van der Waals surface area contributed by atoms with Crippen LogP contribution in [0.5, 0.6) is 0 Å². The summed E-state index contributed by atoms with van der Waals surface area (Å²) < 4.78 is 7.92. The second kappa shape index (κ2) is 14.4. The third-order valence-corrected chi connectivity index (χ3v) is 17.7. The molecule has 0 unspecified atom stereocenters. The molecule has 3 heterocycles. The Hall–Kier alpha value is -7.66. The first-order valence-electron chi connectivity index (χ1n) is 22.9. The molecule has 0 radical (unpaired) electrons. The summed E-state index contributed by atoms with van der Waals surface area (Å²) in [5.74, 6) is 0. The van der Waals surface area contributed by atoms with Crippen LogP contribution in [0.4, 0.5) is 0 Å². The van der Waals surface area contributed by atoms with Gasteiger partial charge in [-0.25, -0.2) is 0 Å². The Balaban J connectivity index is 0.961. The Morgan fingerprint density at radius 3 is 0.985 bits per heavy atom. The second-order valence-corrected chi connectivity index (χ2v) is 21.0. The molecule has 67 heavy (non-hydrogen) atoms. The van der Waals surface area contributed by atoms with Crippen molar-refractivity contribution < 1.29 is 0 Å². The van der Waals surface area contributed by atoms with Crippen molar-refractivity contribution in [1.82, 2.24) is 0 Å². The lowest BCUT2D eigenvalue weighted by atomic mass is 9.84.